The molecule has 0 saturated carbocycles. The number of anilines is 1. The summed E-state index contributed by atoms with van der Waals surface area (Å²) in [5, 5.41) is 13.9. The Balaban J connectivity index is 1.54. The molecule has 0 unspecified atom stereocenters. The summed E-state index contributed by atoms with van der Waals surface area (Å²) in [4.78, 5) is 13.2. The largest absolute Gasteiger partial charge is 0.379 e. The van der Waals surface area contributed by atoms with Gasteiger partial charge in [0.2, 0.25) is 15.9 Å². The van der Waals surface area contributed by atoms with Gasteiger partial charge in [0, 0.05) is 25.2 Å². The molecule has 4 rings (SSSR count). The molecule has 162 valence electrons. The second-order valence-corrected chi connectivity index (χ2v) is 8.97. The van der Waals surface area contributed by atoms with Gasteiger partial charge < -0.3 is 10.1 Å². The van der Waals surface area contributed by atoms with Crippen LogP contribution in [0.4, 0.5) is 5.69 Å². The highest BCUT2D eigenvalue weighted by molar-refractivity contribution is 7.89. The molecule has 1 aromatic heterocycles. The molecule has 2 aromatic carbocycles. The van der Waals surface area contributed by atoms with Crippen molar-refractivity contribution in [3.63, 3.8) is 0 Å². The highest BCUT2D eigenvalue weighted by Crippen LogP contribution is 2.22. The van der Waals surface area contributed by atoms with Gasteiger partial charge in [-0.2, -0.15) is 4.31 Å². The van der Waals surface area contributed by atoms with Crippen molar-refractivity contribution >= 4 is 21.6 Å². The Morgan fingerprint density at radius 1 is 1.10 bits per heavy atom. The molecule has 0 aliphatic carbocycles. The van der Waals surface area contributed by atoms with Gasteiger partial charge >= 0.3 is 0 Å². The molecule has 11 heteroatoms. The van der Waals surface area contributed by atoms with E-state index in [1.165, 1.54) is 27.4 Å². The highest BCUT2D eigenvalue weighted by Gasteiger charge is 2.27. The van der Waals surface area contributed by atoms with Crippen LogP contribution in [0.25, 0.3) is 0 Å². The molecule has 0 bridgehead atoms. The molecule has 1 N–H and O–H groups in total. The van der Waals surface area contributed by atoms with Crippen molar-refractivity contribution in [1.82, 2.24) is 24.5 Å². The monoisotopic (exact) mass is 442 g/mol. The number of rotatable bonds is 7. The molecule has 3 aromatic rings. The third-order valence-electron chi connectivity index (χ3n) is 4.97. The number of aromatic nitrogens is 4. The molecule has 1 aliphatic rings. The standard InChI is InChI=1S/C20H22N6O4S/c27-20(19(26-15-21-23-24-26)13-16-5-2-1-3-6-16)22-17-7-4-8-18(14-17)31(28,29)25-9-11-30-12-10-25/h1-8,14-15,19H,9-13H2,(H,22,27)/t19-/m0/s1. The molecular weight excluding hydrogens is 420 g/mol. The van der Waals surface area contributed by atoms with Crippen LogP contribution in [0.1, 0.15) is 11.6 Å². The molecule has 10 nitrogen and oxygen atoms in total. The van der Waals surface area contributed by atoms with E-state index in [1.54, 1.807) is 12.1 Å². The fraction of sp³-hybridized carbons (Fsp3) is 0.300. The number of amides is 1. The van der Waals surface area contributed by atoms with E-state index in [4.69, 9.17) is 4.74 Å². The van der Waals surface area contributed by atoms with E-state index in [-0.39, 0.29) is 10.8 Å². The number of nitrogens with one attached hydrogen (secondary N) is 1. The molecule has 0 radical (unpaired) electrons. The van der Waals surface area contributed by atoms with Gasteiger partial charge in [-0.1, -0.05) is 36.4 Å². The number of carbonyl (C=O) groups excluding carboxylic acids is 1. The molecule has 1 saturated heterocycles. The van der Waals surface area contributed by atoms with Crippen molar-refractivity contribution in [2.75, 3.05) is 31.6 Å². The molecule has 1 atom stereocenters. The topological polar surface area (TPSA) is 119 Å². The maximum atomic E-state index is 13.1. The van der Waals surface area contributed by atoms with Gasteiger partial charge in [0.1, 0.15) is 12.4 Å². The molecule has 31 heavy (non-hydrogen) atoms. The zero-order valence-corrected chi connectivity index (χ0v) is 17.5. The van der Waals surface area contributed by atoms with Crippen molar-refractivity contribution in [3.8, 4) is 0 Å². The van der Waals surface area contributed by atoms with Gasteiger partial charge in [0.15, 0.2) is 0 Å². The van der Waals surface area contributed by atoms with Crippen LogP contribution < -0.4 is 5.32 Å². The second-order valence-electron chi connectivity index (χ2n) is 7.03. The number of benzene rings is 2. The van der Waals surface area contributed by atoms with Gasteiger partial charge in [-0.15, -0.1) is 5.10 Å². The fourth-order valence-corrected chi connectivity index (χ4v) is 4.81. The van der Waals surface area contributed by atoms with Gasteiger partial charge in [0.25, 0.3) is 0 Å². The maximum Gasteiger partial charge on any atom is 0.249 e. The molecule has 0 spiro atoms. The summed E-state index contributed by atoms with van der Waals surface area (Å²) in [5.41, 5.74) is 1.33. The lowest BCUT2D eigenvalue weighted by molar-refractivity contribution is -0.119. The van der Waals surface area contributed by atoms with Gasteiger partial charge in [0.05, 0.1) is 18.1 Å². The third kappa shape index (κ3) is 4.95. The van der Waals surface area contributed by atoms with E-state index in [2.05, 4.69) is 20.8 Å². The number of morpholine rings is 1. The summed E-state index contributed by atoms with van der Waals surface area (Å²) >= 11 is 0. The lowest BCUT2D eigenvalue weighted by Crippen LogP contribution is -2.40. The van der Waals surface area contributed by atoms with Crippen molar-refractivity contribution in [2.24, 2.45) is 0 Å². The number of hydrogen-bond donors (Lipinski definition) is 1. The molecule has 1 aliphatic heterocycles. The van der Waals surface area contributed by atoms with E-state index in [1.807, 2.05) is 30.3 Å². The van der Waals surface area contributed by atoms with Crippen LogP contribution in [0.3, 0.4) is 0 Å². The first kappa shape index (κ1) is 21.1. The van der Waals surface area contributed by atoms with Gasteiger partial charge in [-0.3, -0.25) is 4.79 Å². The maximum absolute atomic E-state index is 13.1. The zero-order chi connectivity index (χ0) is 21.7. The molecule has 1 amide bonds. The Bertz CT molecular complexity index is 1120. The van der Waals surface area contributed by atoms with E-state index in [9.17, 15) is 13.2 Å². The Morgan fingerprint density at radius 2 is 1.87 bits per heavy atom. The highest BCUT2D eigenvalue weighted by atomic mass is 32.2. The minimum absolute atomic E-state index is 0.120. The smallest absolute Gasteiger partial charge is 0.249 e. The molecule has 2 heterocycles. The summed E-state index contributed by atoms with van der Waals surface area (Å²) < 4.78 is 33.8. The Kier molecular flexibility index (Phi) is 6.35. The van der Waals surface area contributed by atoms with E-state index < -0.39 is 16.1 Å². The Hall–Kier alpha value is -3.15. The number of sulfonamides is 1. The van der Waals surface area contributed by atoms with Crippen LogP contribution in [-0.2, 0) is 26.0 Å². The number of nitrogens with zero attached hydrogens (tertiary/aromatic N) is 5. The number of tetrazole rings is 1. The van der Waals surface area contributed by atoms with Crippen LogP contribution in [0, 0.1) is 0 Å². The average Bonchev–Trinajstić information content (AvgIpc) is 3.33. The number of ether oxygens (including phenoxy) is 1. The summed E-state index contributed by atoms with van der Waals surface area (Å²) in [7, 11) is -3.67. The second kappa shape index (κ2) is 9.33. The minimum atomic E-state index is -3.67. The van der Waals surface area contributed by atoms with Crippen LogP contribution in [0.5, 0.6) is 0 Å². The predicted molar refractivity (Wildman–Crippen MR) is 112 cm³/mol. The lowest BCUT2D eigenvalue weighted by atomic mass is 10.1. The fourth-order valence-electron chi connectivity index (χ4n) is 3.35. The van der Waals surface area contributed by atoms with E-state index in [0.717, 1.165) is 5.56 Å². The third-order valence-corrected chi connectivity index (χ3v) is 6.86. The number of carbonyl (C=O) groups is 1. The Labute approximate surface area is 179 Å². The molecular formula is C20H22N6O4S. The van der Waals surface area contributed by atoms with Crippen LogP contribution in [-0.4, -0.2) is 65.1 Å². The zero-order valence-electron chi connectivity index (χ0n) is 16.7. The van der Waals surface area contributed by atoms with Gasteiger partial charge in [-0.25, -0.2) is 13.1 Å². The first-order chi connectivity index (χ1) is 15.0. The van der Waals surface area contributed by atoms with Crippen LogP contribution in [0.2, 0.25) is 0 Å². The van der Waals surface area contributed by atoms with Gasteiger partial charge in [-0.05, 0) is 34.2 Å². The summed E-state index contributed by atoms with van der Waals surface area (Å²) in [6.07, 6.45) is 1.76. The first-order valence-corrected chi connectivity index (χ1v) is 11.2. The summed E-state index contributed by atoms with van der Waals surface area (Å²) in [6.45, 7) is 1.33. The van der Waals surface area contributed by atoms with Crippen molar-refractivity contribution in [1.29, 1.82) is 0 Å². The number of hydrogen-bond acceptors (Lipinski definition) is 7. The van der Waals surface area contributed by atoms with E-state index >= 15 is 0 Å². The lowest BCUT2D eigenvalue weighted by Gasteiger charge is -2.26. The van der Waals surface area contributed by atoms with Crippen LogP contribution >= 0.6 is 0 Å². The molecule has 1 fully saturated rings. The van der Waals surface area contributed by atoms with Crippen molar-refractivity contribution in [3.05, 3.63) is 66.5 Å². The van der Waals surface area contributed by atoms with Crippen LogP contribution in [0.15, 0.2) is 65.8 Å². The predicted octanol–water partition coefficient (Wildman–Crippen LogP) is 1.12. The first-order valence-electron chi connectivity index (χ1n) is 9.79. The Morgan fingerprint density at radius 3 is 2.58 bits per heavy atom. The minimum Gasteiger partial charge on any atom is -0.379 e. The normalized spacial score (nSPS) is 16.0. The summed E-state index contributed by atoms with van der Waals surface area (Å²) in [5.74, 6) is -0.350. The SMILES string of the molecule is O=C(Nc1cccc(S(=O)(=O)N2CCOCC2)c1)[C@H](Cc1ccccc1)n1cnnn1. The van der Waals surface area contributed by atoms with Crippen molar-refractivity contribution < 1.29 is 17.9 Å². The summed E-state index contributed by atoms with van der Waals surface area (Å²) in [6, 6.07) is 15.0. The van der Waals surface area contributed by atoms with Crippen molar-refractivity contribution in [2.45, 2.75) is 17.4 Å². The average molecular weight is 443 g/mol. The van der Waals surface area contributed by atoms with E-state index in [0.29, 0.717) is 38.4 Å². The quantitative estimate of drug-likeness (QED) is 0.582.